The van der Waals surface area contributed by atoms with E-state index >= 15 is 0 Å². The van der Waals surface area contributed by atoms with Gasteiger partial charge in [-0.15, -0.1) is 0 Å². The molecule has 1 heterocycles. The molecule has 0 saturated heterocycles. The zero-order valence-electron chi connectivity index (χ0n) is 15.6. The van der Waals surface area contributed by atoms with Crippen molar-refractivity contribution in [1.29, 1.82) is 0 Å². The van der Waals surface area contributed by atoms with Gasteiger partial charge < -0.3 is 10.5 Å². The van der Waals surface area contributed by atoms with Crippen LogP contribution in [-0.2, 0) is 9.53 Å². The minimum atomic E-state index is -0.626. The summed E-state index contributed by atoms with van der Waals surface area (Å²) in [6, 6.07) is 6.55. The molecule has 0 fully saturated rings. The zero-order chi connectivity index (χ0) is 19.6. The molecule has 0 aliphatic carbocycles. The molecule has 2 rings (SSSR count). The van der Waals surface area contributed by atoms with E-state index in [4.69, 9.17) is 5.73 Å². The van der Waals surface area contributed by atoms with E-state index in [1.807, 2.05) is 13.8 Å². The lowest BCUT2D eigenvalue weighted by molar-refractivity contribution is -0.136. The number of nitrogens with zero attached hydrogens (tertiary/aromatic N) is 2. The number of benzene rings is 1. The van der Waals surface area contributed by atoms with Crippen molar-refractivity contribution in [3.8, 4) is 5.69 Å². The van der Waals surface area contributed by atoms with Gasteiger partial charge in [0, 0.05) is 17.3 Å². The van der Waals surface area contributed by atoms with Crippen LogP contribution in [0.4, 0.5) is 0 Å². The van der Waals surface area contributed by atoms with Crippen LogP contribution < -0.4 is 17.0 Å². The second kappa shape index (κ2) is 7.43. The molecule has 2 N–H and O–H groups in total. The Morgan fingerprint density at radius 2 is 1.73 bits per heavy atom. The Labute approximate surface area is 151 Å². The largest absolute Gasteiger partial charge is 0.464 e. The summed E-state index contributed by atoms with van der Waals surface area (Å²) in [5.41, 5.74) is 7.15. The first-order valence-electron chi connectivity index (χ1n) is 8.19. The van der Waals surface area contributed by atoms with E-state index in [0.717, 1.165) is 4.57 Å². The van der Waals surface area contributed by atoms with Crippen LogP contribution in [0.2, 0.25) is 0 Å². The lowest BCUT2D eigenvalue weighted by atomic mass is 10.1. The molecule has 0 unspecified atom stereocenters. The van der Waals surface area contributed by atoms with E-state index in [0.29, 0.717) is 22.5 Å². The van der Waals surface area contributed by atoms with Crippen molar-refractivity contribution in [2.45, 2.75) is 33.7 Å². The Morgan fingerprint density at radius 3 is 2.23 bits per heavy atom. The number of hydrogen-bond donors (Lipinski definition) is 1. The fraction of sp³-hybridized carbons (Fsp3) is 0.316. The van der Waals surface area contributed by atoms with Crippen molar-refractivity contribution >= 4 is 12.0 Å². The van der Waals surface area contributed by atoms with E-state index in [9.17, 15) is 14.4 Å². The number of aromatic nitrogens is 2. The number of ether oxygens (including phenoxy) is 1. The van der Waals surface area contributed by atoms with Gasteiger partial charge in [0.25, 0.3) is 5.56 Å². The zero-order valence-corrected chi connectivity index (χ0v) is 15.6. The van der Waals surface area contributed by atoms with Crippen LogP contribution in [0, 0.1) is 13.8 Å². The van der Waals surface area contributed by atoms with Crippen molar-refractivity contribution in [1.82, 2.24) is 9.13 Å². The maximum atomic E-state index is 12.8. The molecule has 0 aliphatic rings. The van der Waals surface area contributed by atoms with Crippen LogP contribution >= 0.6 is 0 Å². The lowest BCUT2D eigenvalue weighted by Crippen LogP contribution is -2.42. The van der Waals surface area contributed by atoms with E-state index in [-0.39, 0.29) is 23.0 Å². The average Bonchev–Trinajstić information content (AvgIpc) is 2.60. The number of methoxy groups -OCH3 is 1. The number of carbonyl (C=O) groups is 1. The van der Waals surface area contributed by atoms with Crippen molar-refractivity contribution in [3.63, 3.8) is 0 Å². The van der Waals surface area contributed by atoms with E-state index in [2.05, 4.69) is 4.74 Å². The second-order valence-corrected chi connectivity index (χ2v) is 6.28. The van der Waals surface area contributed by atoms with Gasteiger partial charge in [-0.05, 0) is 51.5 Å². The number of hydrogen-bond acceptors (Lipinski definition) is 5. The van der Waals surface area contributed by atoms with Crippen molar-refractivity contribution in [2.75, 3.05) is 7.11 Å². The van der Waals surface area contributed by atoms with Gasteiger partial charge in [-0.25, -0.2) is 14.2 Å². The summed E-state index contributed by atoms with van der Waals surface area (Å²) >= 11 is 0. The first-order valence-corrected chi connectivity index (χ1v) is 8.19. The van der Waals surface area contributed by atoms with Crippen molar-refractivity contribution in [3.05, 3.63) is 67.6 Å². The predicted octanol–water partition coefficient (Wildman–Crippen LogP) is 1.67. The van der Waals surface area contributed by atoms with Gasteiger partial charge in [-0.2, -0.15) is 0 Å². The Morgan fingerprint density at radius 1 is 1.15 bits per heavy atom. The number of rotatable bonds is 4. The average molecular weight is 357 g/mol. The van der Waals surface area contributed by atoms with E-state index in [1.54, 1.807) is 42.7 Å². The van der Waals surface area contributed by atoms with Gasteiger partial charge in [-0.3, -0.25) is 9.36 Å². The number of carbonyl (C=O) groups excluding carboxylic acids is 1. The molecule has 0 aliphatic heterocycles. The molecule has 0 atom stereocenters. The Kier molecular flexibility index (Phi) is 5.50. The first-order chi connectivity index (χ1) is 12.2. The highest BCUT2D eigenvalue weighted by Gasteiger charge is 2.16. The summed E-state index contributed by atoms with van der Waals surface area (Å²) in [6.45, 7) is 7.27. The molecule has 0 radical (unpaired) electrons. The maximum Gasteiger partial charge on any atom is 0.353 e. The third kappa shape index (κ3) is 3.46. The van der Waals surface area contributed by atoms with Crippen LogP contribution in [-0.4, -0.2) is 22.2 Å². The van der Waals surface area contributed by atoms with E-state index < -0.39 is 5.97 Å². The van der Waals surface area contributed by atoms with Gasteiger partial charge in [0.2, 0.25) is 0 Å². The van der Waals surface area contributed by atoms with E-state index in [1.165, 1.54) is 13.2 Å². The minimum Gasteiger partial charge on any atom is -0.464 e. The van der Waals surface area contributed by atoms with Gasteiger partial charge in [0.1, 0.15) is 5.70 Å². The van der Waals surface area contributed by atoms with Gasteiger partial charge >= 0.3 is 11.7 Å². The lowest BCUT2D eigenvalue weighted by Gasteiger charge is -2.18. The third-order valence-electron chi connectivity index (χ3n) is 4.24. The SMILES string of the molecule is COC(=O)/C(N)=C\c1ccc(-n2c(=O)c(C)c(C)n(C(C)C)c2=O)cc1. The summed E-state index contributed by atoms with van der Waals surface area (Å²) in [7, 11) is 1.25. The molecule has 138 valence electrons. The van der Waals surface area contributed by atoms with Gasteiger partial charge in [-0.1, -0.05) is 12.1 Å². The fourth-order valence-electron chi connectivity index (χ4n) is 2.75. The molecule has 1 aromatic carbocycles. The molecule has 7 heteroatoms. The topological polar surface area (TPSA) is 96.3 Å². The molecular weight excluding hydrogens is 334 g/mol. The monoisotopic (exact) mass is 357 g/mol. The van der Waals surface area contributed by atoms with Crippen molar-refractivity contribution in [2.24, 2.45) is 5.73 Å². The summed E-state index contributed by atoms with van der Waals surface area (Å²) in [6.07, 6.45) is 1.46. The minimum absolute atomic E-state index is 0.0363. The predicted molar refractivity (Wildman–Crippen MR) is 100 cm³/mol. The van der Waals surface area contributed by atoms with Crippen molar-refractivity contribution < 1.29 is 9.53 Å². The number of esters is 1. The first kappa shape index (κ1) is 19.2. The summed E-state index contributed by atoms with van der Waals surface area (Å²) < 4.78 is 7.30. The highest BCUT2D eigenvalue weighted by molar-refractivity contribution is 5.92. The molecule has 26 heavy (non-hydrogen) atoms. The molecule has 1 aromatic heterocycles. The molecule has 0 saturated carbocycles. The molecule has 0 spiro atoms. The Bertz CT molecular complexity index is 980. The summed E-state index contributed by atoms with van der Waals surface area (Å²) in [5.74, 6) is -0.626. The van der Waals surface area contributed by atoms with Gasteiger partial charge in [0.15, 0.2) is 0 Å². The number of nitrogens with two attached hydrogens (primary N) is 1. The fourth-order valence-corrected chi connectivity index (χ4v) is 2.75. The Balaban J connectivity index is 2.59. The van der Waals surface area contributed by atoms with Crippen LogP contribution in [0.15, 0.2) is 39.6 Å². The smallest absolute Gasteiger partial charge is 0.353 e. The van der Waals surface area contributed by atoms with Crippen LogP contribution in [0.5, 0.6) is 0 Å². The highest BCUT2D eigenvalue weighted by atomic mass is 16.5. The van der Waals surface area contributed by atoms with Gasteiger partial charge in [0.05, 0.1) is 12.8 Å². The standard InChI is InChI=1S/C19H23N3O4/c1-11(2)21-13(4)12(3)17(23)22(19(21)25)15-8-6-14(7-9-15)10-16(20)18(24)26-5/h6-11H,20H2,1-5H3/b16-10+. The molecule has 0 amide bonds. The highest BCUT2D eigenvalue weighted by Crippen LogP contribution is 2.12. The molecule has 2 aromatic rings. The molecular formula is C19H23N3O4. The van der Waals surface area contributed by atoms with Crippen LogP contribution in [0.1, 0.15) is 36.7 Å². The maximum absolute atomic E-state index is 12.8. The van der Waals surface area contributed by atoms with Crippen LogP contribution in [0.3, 0.4) is 0 Å². The summed E-state index contributed by atoms with van der Waals surface area (Å²) in [4.78, 5) is 36.8. The normalized spacial score (nSPS) is 11.7. The molecule has 7 nitrogen and oxygen atoms in total. The molecule has 0 bridgehead atoms. The third-order valence-corrected chi connectivity index (χ3v) is 4.24. The van der Waals surface area contributed by atoms with Crippen LogP contribution in [0.25, 0.3) is 11.8 Å². The Hall–Kier alpha value is -3.09. The quantitative estimate of drug-likeness (QED) is 0.663. The summed E-state index contributed by atoms with van der Waals surface area (Å²) in [5, 5.41) is 0. The second-order valence-electron chi connectivity index (χ2n) is 6.28.